The molecule has 5 rings (SSSR count). The molecule has 9 nitrogen and oxygen atoms in total. The highest BCUT2D eigenvalue weighted by atomic mass is 16.5. The maximum atomic E-state index is 14.2. The van der Waals surface area contributed by atoms with Crippen LogP contribution in [0.3, 0.4) is 0 Å². The molecule has 0 radical (unpaired) electrons. The summed E-state index contributed by atoms with van der Waals surface area (Å²) >= 11 is 0. The summed E-state index contributed by atoms with van der Waals surface area (Å²) in [5.74, 6) is 1.38. The van der Waals surface area contributed by atoms with Gasteiger partial charge in [0.15, 0.2) is 5.65 Å². The van der Waals surface area contributed by atoms with Crippen LogP contribution in [0, 0.1) is 0 Å². The van der Waals surface area contributed by atoms with Gasteiger partial charge in [-0.2, -0.15) is 9.51 Å². The first-order valence-electron chi connectivity index (χ1n) is 12.5. The van der Waals surface area contributed by atoms with Gasteiger partial charge in [0, 0.05) is 5.56 Å². The van der Waals surface area contributed by atoms with Crippen LogP contribution in [0.4, 0.5) is 5.82 Å². The number of fused-ring (bicyclic) bond motifs is 1. The van der Waals surface area contributed by atoms with E-state index >= 15 is 0 Å². The van der Waals surface area contributed by atoms with E-state index in [-0.39, 0.29) is 11.6 Å². The lowest BCUT2D eigenvalue weighted by molar-refractivity contribution is 0.397. The number of benzene rings is 3. The summed E-state index contributed by atoms with van der Waals surface area (Å²) in [5, 5.41) is 6.55. The Hall–Kier alpha value is -5.44. The number of rotatable bonds is 7. The third-order valence-corrected chi connectivity index (χ3v) is 6.34. The van der Waals surface area contributed by atoms with Crippen LogP contribution in [0.25, 0.3) is 39.2 Å². The van der Waals surface area contributed by atoms with Crippen LogP contribution in [0.1, 0.15) is 6.92 Å². The van der Waals surface area contributed by atoms with Gasteiger partial charge in [-0.3, -0.25) is 9.89 Å². The Balaban J connectivity index is 1.83. The number of aliphatic imine (C=N–C) groups is 2. The summed E-state index contributed by atoms with van der Waals surface area (Å²) in [7, 11) is 3.05. The van der Waals surface area contributed by atoms with Crippen molar-refractivity contribution in [3.8, 4) is 39.3 Å². The van der Waals surface area contributed by atoms with Gasteiger partial charge in [-0.25, -0.2) is 9.98 Å². The minimum absolute atomic E-state index is 0.0716. The Morgan fingerprint density at radius 2 is 1.55 bits per heavy atom. The first kappa shape index (κ1) is 26.2. The summed E-state index contributed by atoms with van der Waals surface area (Å²) in [4.78, 5) is 27.4. The summed E-state index contributed by atoms with van der Waals surface area (Å²) in [5.41, 5.74) is 4.58. The van der Waals surface area contributed by atoms with Gasteiger partial charge in [-0.15, -0.1) is 0 Å². The molecule has 5 aromatic rings. The first-order chi connectivity index (χ1) is 19.6. The number of aromatic amines is 1. The zero-order valence-corrected chi connectivity index (χ0v) is 22.4. The zero-order chi connectivity index (χ0) is 28.1. The number of anilines is 1. The van der Waals surface area contributed by atoms with Gasteiger partial charge in [0.05, 0.1) is 31.0 Å². The molecule has 40 heavy (non-hydrogen) atoms. The molecule has 2 N–H and O–H groups in total. The van der Waals surface area contributed by atoms with Crippen molar-refractivity contribution in [2.45, 2.75) is 6.92 Å². The average molecular weight is 533 g/mol. The molecule has 2 aromatic heterocycles. The normalized spacial score (nSPS) is 11.9. The fourth-order valence-corrected chi connectivity index (χ4v) is 4.41. The van der Waals surface area contributed by atoms with Gasteiger partial charge in [0.1, 0.15) is 17.4 Å². The van der Waals surface area contributed by atoms with E-state index in [1.165, 1.54) is 11.6 Å². The van der Waals surface area contributed by atoms with Crippen molar-refractivity contribution in [2.75, 3.05) is 19.5 Å². The molecule has 0 amide bonds. The Labute approximate surface area is 231 Å². The minimum atomic E-state index is -0.287. The van der Waals surface area contributed by atoms with Crippen molar-refractivity contribution in [3.05, 3.63) is 107 Å². The zero-order valence-electron chi connectivity index (χ0n) is 22.4. The minimum Gasteiger partial charge on any atom is -0.497 e. The molecule has 3 aromatic carbocycles. The van der Waals surface area contributed by atoms with Gasteiger partial charge in [0.25, 0.3) is 5.56 Å². The topological polar surface area (TPSA) is 105 Å². The van der Waals surface area contributed by atoms with Crippen LogP contribution in [-0.4, -0.2) is 41.6 Å². The van der Waals surface area contributed by atoms with Gasteiger partial charge in [-0.05, 0) is 43.0 Å². The maximum Gasteiger partial charge on any atom is 0.317 e. The molecule has 0 atom stereocenters. The molecule has 0 fully saturated rings. The van der Waals surface area contributed by atoms with Crippen molar-refractivity contribution in [1.82, 2.24) is 14.6 Å². The van der Waals surface area contributed by atoms with E-state index in [4.69, 9.17) is 14.5 Å². The molecular weight excluding hydrogens is 504 g/mol. The van der Waals surface area contributed by atoms with E-state index in [1.54, 1.807) is 32.2 Å². The van der Waals surface area contributed by atoms with Crippen LogP contribution in [0.2, 0.25) is 0 Å². The molecule has 0 saturated heterocycles. The highest BCUT2D eigenvalue weighted by Gasteiger charge is 2.23. The fourth-order valence-electron chi connectivity index (χ4n) is 4.41. The number of ether oxygens (including phenoxy) is 2. The molecule has 0 saturated carbocycles. The number of nitrogens with zero attached hydrogens (tertiary/aromatic N) is 4. The number of methoxy groups -OCH3 is 2. The lowest BCUT2D eigenvalue weighted by Crippen LogP contribution is -2.20. The van der Waals surface area contributed by atoms with Gasteiger partial charge >= 0.3 is 6.02 Å². The van der Waals surface area contributed by atoms with Crippen molar-refractivity contribution in [3.63, 3.8) is 0 Å². The van der Waals surface area contributed by atoms with Crippen LogP contribution < -0.4 is 15.6 Å². The third kappa shape index (κ3) is 5.00. The molecule has 0 bridgehead atoms. The summed E-state index contributed by atoms with van der Waals surface area (Å²) in [6, 6.07) is 27.0. The maximum absolute atomic E-state index is 14.2. The summed E-state index contributed by atoms with van der Waals surface area (Å²) < 4.78 is 12.0. The molecule has 0 unspecified atom stereocenters. The monoisotopic (exact) mass is 532 g/mol. The molecule has 2 heterocycles. The molecule has 9 heteroatoms. The van der Waals surface area contributed by atoms with Gasteiger partial charge in [0.2, 0.25) is 0 Å². The number of allylic oxidation sites excluding steroid dienone is 1. The molecule has 0 aliphatic rings. The number of aromatic nitrogens is 3. The predicted octanol–water partition coefficient (Wildman–Crippen LogP) is 6.01. The Morgan fingerprint density at radius 1 is 0.925 bits per heavy atom. The third-order valence-electron chi connectivity index (χ3n) is 6.34. The number of nitrogens with one attached hydrogen (secondary N) is 2. The van der Waals surface area contributed by atoms with Crippen molar-refractivity contribution in [1.29, 1.82) is 0 Å². The number of hydrogen-bond donors (Lipinski definition) is 2. The molecule has 200 valence electrons. The van der Waals surface area contributed by atoms with E-state index in [9.17, 15) is 4.79 Å². The highest BCUT2D eigenvalue weighted by molar-refractivity contribution is 5.92. The average Bonchev–Trinajstić information content (AvgIpc) is 3.40. The summed E-state index contributed by atoms with van der Waals surface area (Å²) in [6.07, 6.45) is 1.73. The van der Waals surface area contributed by atoms with Crippen LogP contribution >= 0.6 is 0 Å². The largest absolute Gasteiger partial charge is 0.497 e. The van der Waals surface area contributed by atoms with Gasteiger partial charge < -0.3 is 14.8 Å². The van der Waals surface area contributed by atoms with Crippen LogP contribution in [0.15, 0.2) is 112 Å². The molecular formula is C31H28N6O3. The molecule has 0 aliphatic carbocycles. The first-order valence-corrected chi connectivity index (χ1v) is 12.5. The van der Waals surface area contributed by atoms with Crippen LogP contribution in [0.5, 0.6) is 5.75 Å². The predicted molar refractivity (Wildman–Crippen MR) is 160 cm³/mol. The second-order valence-electron chi connectivity index (χ2n) is 8.68. The van der Waals surface area contributed by atoms with E-state index in [2.05, 4.69) is 27.1 Å². The Bertz CT molecular complexity index is 1770. The Kier molecular flexibility index (Phi) is 7.54. The van der Waals surface area contributed by atoms with Crippen molar-refractivity contribution in [2.24, 2.45) is 9.98 Å². The van der Waals surface area contributed by atoms with Crippen molar-refractivity contribution >= 4 is 24.2 Å². The molecule has 0 aliphatic heterocycles. The second-order valence-corrected chi connectivity index (χ2v) is 8.68. The SMILES string of the molecule is C=NC(=N/C(=C\C)Nc1nc2c(-c3ccccc3)c(-c3ccccc3)[nH]n2c(=O)c1-c1ccc(OC)cc1)OC. The smallest absolute Gasteiger partial charge is 0.317 e. The number of H-pyrrole nitrogens is 1. The molecule has 0 spiro atoms. The van der Waals surface area contributed by atoms with E-state index in [0.29, 0.717) is 34.2 Å². The lowest BCUT2D eigenvalue weighted by Gasteiger charge is -2.13. The highest BCUT2D eigenvalue weighted by Crippen LogP contribution is 2.36. The van der Waals surface area contributed by atoms with E-state index < -0.39 is 0 Å². The summed E-state index contributed by atoms with van der Waals surface area (Å²) in [6.45, 7) is 5.30. The van der Waals surface area contributed by atoms with Crippen LogP contribution in [-0.2, 0) is 4.74 Å². The Morgan fingerprint density at radius 3 is 2.12 bits per heavy atom. The van der Waals surface area contributed by atoms with E-state index in [0.717, 1.165) is 22.4 Å². The second kappa shape index (κ2) is 11.5. The van der Waals surface area contributed by atoms with Gasteiger partial charge in [-0.1, -0.05) is 72.8 Å². The fraction of sp³-hybridized carbons (Fsp3) is 0.0968. The lowest BCUT2D eigenvalue weighted by atomic mass is 10.0. The van der Waals surface area contributed by atoms with Crippen molar-refractivity contribution < 1.29 is 9.47 Å². The quantitative estimate of drug-likeness (QED) is 0.197. The standard InChI is InChI=1S/C31H28N6O3/c1-5-24(34-31(32-2)40-4)33-28-26(21-16-18-23(39-3)19-17-21)30(38)37-29(35-28)25(20-12-8-6-9-13-20)27(36-37)22-14-10-7-11-15-22/h5-19,33,36H,2H2,1,3-4H3/b24-5-,34-31?. The number of amidine groups is 1. The number of hydrogen-bond acceptors (Lipinski definition) is 6. The van der Waals surface area contributed by atoms with E-state index in [1.807, 2.05) is 72.8 Å².